The van der Waals surface area contributed by atoms with Crippen molar-refractivity contribution in [3.63, 3.8) is 0 Å². The zero-order valence-corrected chi connectivity index (χ0v) is 10.3. The molecule has 6 heteroatoms. The predicted molar refractivity (Wildman–Crippen MR) is 65.1 cm³/mol. The monoisotopic (exact) mass is 244 g/mol. The van der Waals surface area contributed by atoms with Crippen molar-refractivity contribution in [1.82, 2.24) is 0 Å². The van der Waals surface area contributed by atoms with Crippen LogP contribution in [0.15, 0.2) is 18.2 Å². The predicted octanol–water partition coefficient (Wildman–Crippen LogP) is 1.43. The van der Waals surface area contributed by atoms with Crippen molar-refractivity contribution in [2.75, 3.05) is 17.6 Å². The molecule has 0 aliphatic heterocycles. The van der Waals surface area contributed by atoms with Gasteiger partial charge in [-0.3, -0.25) is 4.72 Å². The third-order valence-electron chi connectivity index (χ3n) is 2.10. The normalized spacial score (nSPS) is 11.5. The zero-order valence-electron chi connectivity index (χ0n) is 9.52. The molecular formula is C10H16N2O3S. The highest BCUT2D eigenvalue weighted by molar-refractivity contribution is 7.93. The Morgan fingerprint density at radius 3 is 2.50 bits per heavy atom. The quantitative estimate of drug-likeness (QED) is 0.785. The minimum atomic E-state index is -3.39. The van der Waals surface area contributed by atoms with Gasteiger partial charge in [0.2, 0.25) is 10.0 Å². The van der Waals surface area contributed by atoms with E-state index in [1.807, 2.05) is 0 Å². The third kappa shape index (κ3) is 2.79. The zero-order chi connectivity index (χ0) is 12.3. The molecule has 0 heterocycles. The van der Waals surface area contributed by atoms with Gasteiger partial charge in [-0.2, -0.15) is 0 Å². The maximum atomic E-state index is 11.7. The highest BCUT2D eigenvalue weighted by Gasteiger charge is 2.17. The van der Waals surface area contributed by atoms with Crippen molar-refractivity contribution >= 4 is 21.4 Å². The molecule has 3 N–H and O–H groups in total. The second-order valence-corrected chi connectivity index (χ2v) is 5.89. The van der Waals surface area contributed by atoms with Crippen LogP contribution in [0.2, 0.25) is 0 Å². The first-order valence-corrected chi connectivity index (χ1v) is 6.36. The van der Waals surface area contributed by atoms with Crippen LogP contribution in [0.1, 0.15) is 13.8 Å². The minimum absolute atomic E-state index is 0.358. The smallest absolute Gasteiger partial charge is 0.235 e. The highest BCUT2D eigenvalue weighted by Crippen LogP contribution is 2.27. The van der Waals surface area contributed by atoms with Crippen molar-refractivity contribution in [3.05, 3.63) is 18.2 Å². The van der Waals surface area contributed by atoms with Gasteiger partial charge in [-0.1, -0.05) is 0 Å². The molecule has 0 amide bonds. The lowest BCUT2D eigenvalue weighted by Crippen LogP contribution is -2.22. The first kappa shape index (κ1) is 12.6. The SMILES string of the molecule is COc1ccc(N)cc1NS(=O)(=O)C(C)C. The van der Waals surface area contributed by atoms with Crippen molar-refractivity contribution in [3.8, 4) is 5.75 Å². The Morgan fingerprint density at radius 1 is 1.38 bits per heavy atom. The van der Waals surface area contributed by atoms with Gasteiger partial charge < -0.3 is 10.5 Å². The van der Waals surface area contributed by atoms with E-state index < -0.39 is 15.3 Å². The summed E-state index contributed by atoms with van der Waals surface area (Å²) in [6.07, 6.45) is 0. The average molecular weight is 244 g/mol. The lowest BCUT2D eigenvalue weighted by Gasteiger charge is -2.14. The number of hydrogen-bond acceptors (Lipinski definition) is 4. The molecule has 90 valence electrons. The molecule has 0 bridgehead atoms. The molecule has 5 nitrogen and oxygen atoms in total. The highest BCUT2D eigenvalue weighted by atomic mass is 32.2. The van der Waals surface area contributed by atoms with Gasteiger partial charge in [0.1, 0.15) is 5.75 Å². The van der Waals surface area contributed by atoms with Crippen LogP contribution in [0.25, 0.3) is 0 Å². The van der Waals surface area contributed by atoms with Crippen LogP contribution >= 0.6 is 0 Å². The van der Waals surface area contributed by atoms with Gasteiger partial charge in [0.15, 0.2) is 0 Å². The molecule has 0 spiro atoms. The summed E-state index contributed by atoms with van der Waals surface area (Å²) < 4.78 is 30.8. The number of nitrogens with two attached hydrogens (primary N) is 1. The average Bonchev–Trinajstić information content (AvgIpc) is 2.17. The molecule has 0 aromatic heterocycles. The van der Waals surface area contributed by atoms with Crippen molar-refractivity contribution in [1.29, 1.82) is 0 Å². The van der Waals surface area contributed by atoms with E-state index in [0.717, 1.165) is 0 Å². The molecule has 1 rings (SSSR count). The van der Waals surface area contributed by atoms with Crippen LogP contribution in [-0.2, 0) is 10.0 Å². The Hall–Kier alpha value is -1.43. The number of anilines is 2. The van der Waals surface area contributed by atoms with Crippen LogP contribution in [0.5, 0.6) is 5.75 Å². The van der Waals surface area contributed by atoms with Crippen LogP contribution in [-0.4, -0.2) is 20.8 Å². The van der Waals surface area contributed by atoms with Gasteiger partial charge >= 0.3 is 0 Å². The Labute approximate surface area is 95.7 Å². The van der Waals surface area contributed by atoms with Crippen LogP contribution < -0.4 is 15.2 Å². The van der Waals surface area contributed by atoms with Crippen molar-refractivity contribution in [2.45, 2.75) is 19.1 Å². The maximum absolute atomic E-state index is 11.7. The minimum Gasteiger partial charge on any atom is -0.495 e. The summed E-state index contributed by atoms with van der Waals surface area (Å²) in [6, 6.07) is 4.79. The first-order chi connectivity index (χ1) is 7.36. The van der Waals surface area contributed by atoms with Crippen LogP contribution in [0, 0.1) is 0 Å². The lowest BCUT2D eigenvalue weighted by molar-refractivity contribution is 0.417. The molecule has 0 aliphatic carbocycles. The number of sulfonamides is 1. The van der Waals surface area contributed by atoms with Gasteiger partial charge in [-0.25, -0.2) is 8.42 Å². The number of ether oxygens (including phenoxy) is 1. The summed E-state index contributed by atoms with van der Waals surface area (Å²) in [7, 11) is -1.92. The molecule has 0 unspecified atom stereocenters. The van der Waals surface area contributed by atoms with E-state index in [2.05, 4.69) is 4.72 Å². The van der Waals surface area contributed by atoms with E-state index in [4.69, 9.17) is 10.5 Å². The fourth-order valence-electron chi connectivity index (χ4n) is 1.08. The summed E-state index contributed by atoms with van der Waals surface area (Å²) in [5.74, 6) is 0.443. The van der Waals surface area contributed by atoms with E-state index in [1.54, 1.807) is 26.0 Å². The van der Waals surface area contributed by atoms with Gasteiger partial charge in [-0.15, -0.1) is 0 Å². The summed E-state index contributed by atoms with van der Waals surface area (Å²) in [5.41, 5.74) is 6.42. The molecule has 1 aromatic carbocycles. The fraction of sp³-hybridized carbons (Fsp3) is 0.400. The van der Waals surface area contributed by atoms with E-state index in [1.165, 1.54) is 13.2 Å². The molecule has 1 aromatic rings. The second kappa shape index (κ2) is 4.61. The van der Waals surface area contributed by atoms with E-state index in [-0.39, 0.29) is 0 Å². The van der Waals surface area contributed by atoms with Crippen LogP contribution in [0.3, 0.4) is 0 Å². The second-order valence-electron chi connectivity index (χ2n) is 3.66. The molecule has 0 saturated heterocycles. The topological polar surface area (TPSA) is 81.4 Å². The summed E-state index contributed by atoms with van der Waals surface area (Å²) in [5, 5.41) is -0.515. The van der Waals surface area contributed by atoms with Gasteiger partial charge in [0.05, 0.1) is 18.0 Å². The van der Waals surface area contributed by atoms with Gasteiger partial charge in [0, 0.05) is 5.69 Å². The molecule has 0 aliphatic rings. The number of rotatable bonds is 4. The largest absolute Gasteiger partial charge is 0.495 e. The summed E-state index contributed by atoms with van der Waals surface area (Å²) in [4.78, 5) is 0. The Kier molecular flexibility index (Phi) is 3.64. The van der Waals surface area contributed by atoms with E-state index >= 15 is 0 Å². The van der Waals surface area contributed by atoms with Crippen molar-refractivity contribution in [2.24, 2.45) is 0 Å². The van der Waals surface area contributed by atoms with Crippen LogP contribution in [0.4, 0.5) is 11.4 Å². The Balaban J connectivity index is 3.10. The molecular weight excluding hydrogens is 228 g/mol. The molecule has 0 radical (unpaired) electrons. The van der Waals surface area contributed by atoms with E-state index in [0.29, 0.717) is 17.1 Å². The molecule has 0 fully saturated rings. The number of nitrogens with one attached hydrogen (secondary N) is 1. The third-order valence-corrected chi connectivity index (χ3v) is 3.84. The van der Waals surface area contributed by atoms with E-state index in [9.17, 15) is 8.42 Å². The molecule has 0 saturated carbocycles. The molecule has 16 heavy (non-hydrogen) atoms. The van der Waals surface area contributed by atoms with Gasteiger partial charge in [0.25, 0.3) is 0 Å². The summed E-state index contributed by atoms with van der Waals surface area (Å²) >= 11 is 0. The van der Waals surface area contributed by atoms with Gasteiger partial charge in [-0.05, 0) is 32.0 Å². The first-order valence-electron chi connectivity index (χ1n) is 4.82. The number of benzene rings is 1. The number of hydrogen-bond donors (Lipinski definition) is 2. The number of methoxy groups -OCH3 is 1. The summed E-state index contributed by atoms with van der Waals surface area (Å²) in [6.45, 7) is 3.20. The maximum Gasteiger partial charge on any atom is 0.235 e. The fourth-order valence-corrected chi connectivity index (χ4v) is 1.78. The van der Waals surface area contributed by atoms with Crippen molar-refractivity contribution < 1.29 is 13.2 Å². The standard InChI is InChI=1S/C10H16N2O3S/c1-7(2)16(13,14)12-9-6-8(11)4-5-10(9)15-3/h4-7,12H,11H2,1-3H3. The number of nitrogen functional groups attached to an aromatic ring is 1. The Bertz CT molecular complexity index is 469. The molecule has 0 atom stereocenters. The Morgan fingerprint density at radius 2 is 2.00 bits per heavy atom. The lowest BCUT2D eigenvalue weighted by atomic mass is 10.2.